The number of rotatable bonds is 4. The first-order valence-electron chi connectivity index (χ1n) is 6.18. The van der Waals surface area contributed by atoms with Gasteiger partial charge in [-0.2, -0.15) is 0 Å². The first-order valence-corrected chi connectivity index (χ1v) is 8.80. The molecule has 1 aliphatic rings. The summed E-state index contributed by atoms with van der Waals surface area (Å²) in [6.07, 6.45) is 0.419. The number of halogens is 1. The molecular formula is C13H16BrNO3S. The number of carbonyl (C=O) groups excluding carboxylic acids is 1. The maximum absolute atomic E-state index is 12.1. The molecule has 0 amide bonds. The fourth-order valence-corrected chi connectivity index (χ4v) is 3.84. The van der Waals surface area contributed by atoms with Crippen molar-refractivity contribution in [3.8, 4) is 0 Å². The van der Waals surface area contributed by atoms with E-state index in [1.807, 2.05) is 23.1 Å². The van der Waals surface area contributed by atoms with Crippen LogP contribution in [0.15, 0.2) is 28.7 Å². The van der Waals surface area contributed by atoms with Crippen LogP contribution in [0, 0.1) is 0 Å². The van der Waals surface area contributed by atoms with Crippen molar-refractivity contribution in [2.45, 2.75) is 6.42 Å². The Labute approximate surface area is 121 Å². The molecule has 0 saturated carbocycles. The quantitative estimate of drug-likeness (QED) is 0.780. The molecule has 0 atom stereocenters. The molecule has 1 aliphatic heterocycles. The molecule has 2 rings (SSSR count). The minimum Gasteiger partial charge on any atom is -0.301 e. The van der Waals surface area contributed by atoms with Gasteiger partial charge in [0, 0.05) is 36.1 Å². The number of sulfone groups is 1. The molecule has 104 valence electrons. The molecule has 0 aromatic heterocycles. The minimum atomic E-state index is -2.85. The zero-order chi connectivity index (χ0) is 13.9. The molecule has 0 spiro atoms. The summed E-state index contributed by atoms with van der Waals surface area (Å²) in [6.45, 7) is 1.69. The Morgan fingerprint density at radius 2 is 1.84 bits per heavy atom. The number of nitrogens with zero attached hydrogens (tertiary/aromatic N) is 1. The Hall–Kier alpha value is -0.720. The maximum atomic E-state index is 12.1. The molecule has 0 unspecified atom stereocenters. The molecule has 0 N–H and O–H groups in total. The zero-order valence-corrected chi connectivity index (χ0v) is 12.9. The van der Waals surface area contributed by atoms with E-state index in [1.165, 1.54) is 0 Å². The standard InChI is InChI=1S/C13H16BrNO3S/c14-12-4-2-1-3-11(12)13(16)5-6-15-7-9-19(17,18)10-8-15/h1-4H,5-10H2. The van der Waals surface area contributed by atoms with Crippen LogP contribution in [0.2, 0.25) is 0 Å². The average Bonchev–Trinajstić information content (AvgIpc) is 2.38. The topological polar surface area (TPSA) is 54.5 Å². The predicted molar refractivity (Wildman–Crippen MR) is 78.2 cm³/mol. The van der Waals surface area contributed by atoms with Crippen molar-refractivity contribution in [2.75, 3.05) is 31.1 Å². The van der Waals surface area contributed by atoms with Crippen LogP contribution in [-0.4, -0.2) is 50.2 Å². The van der Waals surface area contributed by atoms with E-state index in [1.54, 1.807) is 6.07 Å². The molecule has 19 heavy (non-hydrogen) atoms. The Balaban J connectivity index is 1.87. The lowest BCUT2D eigenvalue weighted by Crippen LogP contribution is -2.41. The van der Waals surface area contributed by atoms with Crippen LogP contribution in [0.1, 0.15) is 16.8 Å². The lowest BCUT2D eigenvalue weighted by Gasteiger charge is -2.26. The van der Waals surface area contributed by atoms with E-state index in [0.717, 1.165) is 4.47 Å². The van der Waals surface area contributed by atoms with Crippen LogP contribution < -0.4 is 0 Å². The van der Waals surface area contributed by atoms with E-state index in [4.69, 9.17) is 0 Å². The van der Waals surface area contributed by atoms with E-state index in [9.17, 15) is 13.2 Å². The second-order valence-electron chi connectivity index (χ2n) is 4.65. The van der Waals surface area contributed by atoms with E-state index < -0.39 is 9.84 Å². The highest BCUT2D eigenvalue weighted by molar-refractivity contribution is 9.10. The second-order valence-corrected chi connectivity index (χ2v) is 7.80. The number of Topliss-reactive ketones (excluding diaryl/α,β-unsaturated/α-hetero) is 1. The number of carbonyl (C=O) groups is 1. The molecule has 0 aliphatic carbocycles. The van der Waals surface area contributed by atoms with Crippen LogP contribution in [-0.2, 0) is 9.84 Å². The van der Waals surface area contributed by atoms with Gasteiger partial charge in [0.05, 0.1) is 11.5 Å². The molecule has 4 nitrogen and oxygen atoms in total. The van der Waals surface area contributed by atoms with Crippen molar-refractivity contribution in [3.05, 3.63) is 34.3 Å². The highest BCUT2D eigenvalue weighted by Crippen LogP contribution is 2.17. The fraction of sp³-hybridized carbons (Fsp3) is 0.462. The first kappa shape index (κ1) is 14.7. The van der Waals surface area contributed by atoms with E-state index in [0.29, 0.717) is 31.6 Å². The molecule has 1 saturated heterocycles. The Morgan fingerprint density at radius 1 is 1.21 bits per heavy atom. The number of hydrogen-bond acceptors (Lipinski definition) is 4. The van der Waals surface area contributed by atoms with Gasteiger partial charge in [-0.3, -0.25) is 4.79 Å². The van der Waals surface area contributed by atoms with Gasteiger partial charge < -0.3 is 4.90 Å². The fourth-order valence-electron chi connectivity index (χ4n) is 2.06. The second kappa shape index (κ2) is 6.15. The maximum Gasteiger partial charge on any atom is 0.165 e. The van der Waals surface area contributed by atoms with Gasteiger partial charge >= 0.3 is 0 Å². The van der Waals surface area contributed by atoms with Gasteiger partial charge in [-0.15, -0.1) is 0 Å². The highest BCUT2D eigenvalue weighted by atomic mass is 79.9. The van der Waals surface area contributed by atoms with Gasteiger partial charge in [-0.1, -0.05) is 34.1 Å². The highest BCUT2D eigenvalue weighted by Gasteiger charge is 2.22. The normalized spacial score (nSPS) is 19.2. The van der Waals surface area contributed by atoms with E-state index in [2.05, 4.69) is 15.9 Å². The molecule has 0 radical (unpaired) electrons. The third kappa shape index (κ3) is 4.12. The monoisotopic (exact) mass is 345 g/mol. The largest absolute Gasteiger partial charge is 0.301 e. The van der Waals surface area contributed by atoms with Gasteiger partial charge in [0.2, 0.25) is 0 Å². The number of benzene rings is 1. The van der Waals surface area contributed by atoms with Crippen LogP contribution in [0.5, 0.6) is 0 Å². The molecule has 1 aromatic rings. The van der Waals surface area contributed by atoms with Crippen LogP contribution in [0.25, 0.3) is 0 Å². The van der Waals surface area contributed by atoms with Crippen molar-refractivity contribution in [3.63, 3.8) is 0 Å². The van der Waals surface area contributed by atoms with Gasteiger partial charge in [-0.25, -0.2) is 8.42 Å². The Bertz CT molecular complexity index is 557. The van der Waals surface area contributed by atoms with Gasteiger partial charge in [-0.05, 0) is 6.07 Å². The smallest absolute Gasteiger partial charge is 0.165 e. The number of hydrogen-bond donors (Lipinski definition) is 0. The third-order valence-electron chi connectivity index (χ3n) is 3.27. The Kier molecular flexibility index (Phi) is 4.76. The van der Waals surface area contributed by atoms with Crippen molar-refractivity contribution in [1.82, 2.24) is 4.90 Å². The molecular weight excluding hydrogens is 330 g/mol. The zero-order valence-electron chi connectivity index (χ0n) is 10.5. The van der Waals surface area contributed by atoms with Crippen molar-refractivity contribution in [1.29, 1.82) is 0 Å². The van der Waals surface area contributed by atoms with Gasteiger partial charge in [0.1, 0.15) is 0 Å². The summed E-state index contributed by atoms with van der Waals surface area (Å²) in [6, 6.07) is 7.36. The van der Waals surface area contributed by atoms with Gasteiger partial charge in [0.15, 0.2) is 15.6 Å². The first-order chi connectivity index (χ1) is 8.98. The van der Waals surface area contributed by atoms with E-state index >= 15 is 0 Å². The van der Waals surface area contributed by atoms with Crippen molar-refractivity contribution in [2.24, 2.45) is 0 Å². The lowest BCUT2D eigenvalue weighted by molar-refractivity contribution is 0.0965. The number of ketones is 1. The van der Waals surface area contributed by atoms with Crippen LogP contribution in [0.3, 0.4) is 0 Å². The summed E-state index contributed by atoms with van der Waals surface area (Å²) >= 11 is 3.36. The molecule has 6 heteroatoms. The lowest BCUT2D eigenvalue weighted by atomic mass is 10.1. The Morgan fingerprint density at radius 3 is 2.47 bits per heavy atom. The van der Waals surface area contributed by atoms with Crippen molar-refractivity contribution < 1.29 is 13.2 Å². The third-order valence-corrected chi connectivity index (χ3v) is 5.57. The minimum absolute atomic E-state index is 0.0842. The molecule has 1 heterocycles. The summed E-state index contributed by atoms with van der Waals surface area (Å²) in [5.74, 6) is 0.493. The summed E-state index contributed by atoms with van der Waals surface area (Å²) in [4.78, 5) is 14.1. The summed E-state index contributed by atoms with van der Waals surface area (Å²) in [5.41, 5.74) is 0.687. The predicted octanol–water partition coefficient (Wildman–Crippen LogP) is 1.75. The van der Waals surface area contributed by atoms with Crippen LogP contribution >= 0.6 is 15.9 Å². The molecule has 0 bridgehead atoms. The van der Waals surface area contributed by atoms with Crippen LogP contribution in [0.4, 0.5) is 0 Å². The van der Waals surface area contributed by atoms with E-state index in [-0.39, 0.29) is 17.3 Å². The summed E-state index contributed by atoms with van der Waals surface area (Å²) in [5, 5.41) is 0. The average molecular weight is 346 g/mol. The molecule has 1 fully saturated rings. The summed E-state index contributed by atoms with van der Waals surface area (Å²) < 4.78 is 23.4. The molecule has 1 aromatic carbocycles. The SMILES string of the molecule is O=C(CCN1CCS(=O)(=O)CC1)c1ccccc1Br. The van der Waals surface area contributed by atoms with Gasteiger partial charge in [0.25, 0.3) is 0 Å². The summed E-state index contributed by atoms with van der Waals surface area (Å²) in [7, 11) is -2.85. The van der Waals surface area contributed by atoms with Crippen molar-refractivity contribution >= 4 is 31.6 Å².